The monoisotopic (exact) mass is 235 g/mol. The molecule has 1 aromatic rings. The summed E-state index contributed by atoms with van der Waals surface area (Å²) in [6, 6.07) is 2.26. The molecule has 0 aromatic carbocycles. The van der Waals surface area contributed by atoms with Crippen LogP contribution in [0.2, 0.25) is 0 Å². The summed E-state index contributed by atoms with van der Waals surface area (Å²) < 4.78 is 0. The van der Waals surface area contributed by atoms with Gasteiger partial charge in [0.05, 0.1) is 0 Å². The lowest BCUT2D eigenvalue weighted by atomic mass is 9.90. The molecule has 0 aliphatic carbocycles. The van der Waals surface area contributed by atoms with Crippen LogP contribution in [0.1, 0.15) is 83.1 Å². The second-order valence-electron chi connectivity index (χ2n) is 5.19. The Morgan fingerprint density at radius 1 is 0.941 bits per heavy atom. The highest BCUT2D eigenvalue weighted by Crippen LogP contribution is 2.27. The van der Waals surface area contributed by atoms with Gasteiger partial charge in [-0.15, -0.1) is 0 Å². The van der Waals surface area contributed by atoms with Gasteiger partial charge in [-0.25, -0.2) is 0 Å². The van der Waals surface area contributed by atoms with Gasteiger partial charge in [-0.1, -0.05) is 58.8 Å². The molecule has 0 aliphatic rings. The SMILES string of the molecule is CCCCCCCC(CCCC)c1cc[nH]c1. The third-order valence-electron chi connectivity index (χ3n) is 3.66. The maximum Gasteiger partial charge on any atom is 0.00401 e. The van der Waals surface area contributed by atoms with Crippen molar-refractivity contribution in [2.45, 2.75) is 77.6 Å². The summed E-state index contributed by atoms with van der Waals surface area (Å²) in [5.41, 5.74) is 1.52. The first-order valence-corrected chi connectivity index (χ1v) is 7.51. The van der Waals surface area contributed by atoms with Crippen LogP contribution in [0.5, 0.6) is 0 Å². The van der Waals surface area contributed by atoms with E-state index in [1.165, 1.54) is 63.4 Å². The van der Waals surface area contributed by atoms with Gasteiger partial charge in [0.1, 0.15) is 0 Å². The fourth-order valence-corrected chi connectivity index (χ4v) is 2.51. The predicted octanol–water partition coefficient (Wildman–Crippen LogP) is 5.65. The Morgan fingerprint density at radius 2 is 1.65 bits per heavy atom. The van der Waals surface area contributed by atoms with Crippen LogP contribution in [0.15, 0.2) is 18.5 Å². The second-order valence-corrected chi connectivity index (χ2v) is 5.19. The zero-order chi connectivity index (χ0) is 12.3. The molecule has 0 saturated heterocycles. The normalized spacial score (nSPS) is 12.8. The van der Waals surface area contributed by atoms with Crippen LogP contribution in [-0.2, 0) is 0 Å². The number of hydrogen-bond donors (Lipinski definition) is 1. The molecule has 1 atom stereocenters. The van der Waals surface area contributed by atoms with Crippen LogP contribution in [0, 0.1) is 0 Å². The van der Waals surface area contributed by atoms with E-state index in [4.69, 9.17) is 0 Å². The van der Waals surface area contributed by atoms with Crippen LogP contribution in [0.3, 0.4) is 0 Å². The van der Waals surface area contributed by atoms with E-state index in [0.29, 0.717) is 0 Å². The van der Waals surface area contributed by atoms with Crippen molar-refractivity contribution < 1.29 is 0 Å². The Morgan fingerprint density at radius 3 is 2.29 bits per heavy atom. The molecule has 1 unspecified atom stereocenters. The third kappa shape index (κ3) is 5.95. The van der Waals surface area contributed by atoms with Crippen molar-refractivity contribution in [2.75, 3.05) is 0 Å². The summed E-state index contributed by atoms with van der Waals surface area (Å²) in [5.74, 6) is 0.794. The van der Waals surface area contributed by atoms with E-state index in [2.05, 4.69) is 37.3 Å². The molecule has 1 heteroatoms. The summed E-state index contributed by atoms with van der Waals surface area (Å²) >= 11 is 0. The van der Waals surface area contributed by atoms with E-state index in [9.17, 15) is 0 Å². The number of aromatic amines is 1. The number of unbranched alkanes of at least 4 members (excludes halogenated alkanes) is 5. The van der Waals surface area contributed by atoms with Gasteiger partial charge in [-0.3, -0.25) is 0 Å². The molecule has 0 bridgehead atoms. The summed E-state index contributed by atoms with van der Waals surface area (Å²) in [6.07, 6.45) is 16.7. The quantitative estimate of drug-likeness (QED) is 0.504. The molecule has 1 heterocycles. The molecule has 0 spiro atoms. The molecule has 1 aromatic heterocycles. The van der Waals surface area contributed by atoms with E-state index in [1.54, 1.807) is 0 Å². The van der Waals surface area contributed by atoms with E-state index in [0.717, 1.165) is 5.92 Å². The zero-order valence-electron chi connectivity index (χ0n) is 11.7. The van der Waals surface area contributed by atoms with Gasteiger partial charge in [-0.05, 0) is 30.4 Å². The number of hydrogen-bond acceptors (Lipinski definition) is 0. The number of nitrogens with one attached hydrogen (secondary N) is 1. The van der Waals surface area contributed by atoms with Crippen LogP contribution in [-0.4, -0.2) is 4.98 Å². The summed E-state index contributed by atoms with van der Waals surface area (Å²) in [4.78, 5) is 3.20. The second kappa shape index (κ2) is 9.32. The van der Waals surface area contributed by atoms with Crippen molar-refractivity contribution in [1.29, 1.82) is 0 Å². The standard InChI is InChI=1S/C16H29N/c1-3-5-7-8-9-11-15(10-6-4-2)16-12-13-17-14-16/h12-15,17H,3-11H2,1-2H3. The summed E-state index contributed by atoms with van der Waals surface area (Å²) in [7, 11) is 0. The van der Waals surface area contributed by atoms with Crippen LogP contribution < -0.4 is 0 Å². The molecule has 0 saturated carbocycles. The van der Waals surface area contributed by atoms with Gasteiger partial charge in [0.15, 0.2) is 0 Å². The molecular weight excluding hydrogens is 206 g/mol. The van der Waals surface area contributed by atoms with Gasteiger partial charge < -0.3 is 4.98 Å². The first kappa shape index (κ1) is 14.3. The van der Waals surface area contributed by atoms with E-state index in [1.807, 2.05) is 0 Å². The molecule has 0 aliphatic heterocycles. The Kier molecular flexibility index (Phi) is 7.87. The zero-order valence-corrected chi connectivity index (χ0v) is 11.7. The van der Waals surface area contributed by atoms with Crippen LogP contribution >= 0.6 is 0 Å². The van der Waals surface area contributed by atoms with Gasteiger partial charge in [-0.2, -0.15) is 0 Å². The molecule has 98 valence electrons. The van der Waals surface area contributed by atoms with Crippen molar-refractivity contribution in [3.8, 4) is 0 Å². The Labute approximate surface area is 107 Å². The fourth-order valence-electron chi connectivity index (χ4n) is 2.51. The third-order valence-corrected chi connectivity index (χ3v) is 3.66. The van der Waals surface area contributed by atoms with Crippen molar-refractivity contribution in [3.63, 3.8) is 0 Å². The van der Waals surface area contributed by atoms with E-state index >= 15 is 0 Å². The minimum Gasteiger partial charge on any atom is -0.367 e. The number of aromatic nitrogens is 1. The summed E-state index contributed by atoms with van der Waals surface area (Å²) in [5, 5.41) is 0. The van der Waals surface area contributed by atoms with Gasteiger partial charge in [0, 0.05) is 12.4 Å². The van der Waals surface area contributed by atoms with Crippen molar-refractivity contribution in [1.82, 2.24) is 4.98 Å². The van der Waals surface area contributed by atoms with Gasteiger partial charge >= 0.3 is 0 Å². The highest BCUT2D eigenvalue weighted by Gasteiger charge is 2.10. The van der Waals surface area contributed by atoms with E-state index < -0.39 is 0 Å². The molecule has 0 amide bonds. The Hall–Kier alpha value is -0.720. The molecule has 17 heavy (non-hydrogen) atoms. The lowest BCUT2D eigenvalue weighted by molar-refractivity contribution is 0.505. The molecule has 0 fully saturated rings. The Balaban J connectivity index is 2.26. The first-order valence-electron chi connectivity index (χ1n) is 7.51. The topological polar surface area (TPSA) is 15.8 Å². The van der Waals surface area contributed by atoms with Crippen molar-refractivity contribution >= 4 is 0 Å². The van der Waals surface area contributed by atoms with Crippen LogP contribution in [0.4, 0.5) is 0 Å². The molecular formula is C16H29N. The molecule has 1 N–H and O–H groups in total. The number of H-pyrrole nitrogens is 1. The van der Waals surface area contributed by atoms with Crippen molar-refractivity contribution in [2.24, 2.45) is 0 Å². The lowest BCUT2D eigenvalue weighted by Crippen LogP contribution is -1.98. The highest BCUT2D eigenvalue weighted by molar-refractivity contribution is 5.14. The smallest absolute Gasteiger partial charge is 0.00401 e. The minimum atomic E-state index is 0.794. The van der Waals surface area contributed by atoms with Gasteiger partial charge in [0.25, 0.3) is 0 Å². The maximum absolute atomic E-state index is 3.20. The molecule has 0 radical (unpaired) electrons. The maximum atomic E-state index is 3.20. The predicted molar refractivity (Wildman–Crippen MR) is 76.4 cm³/mol. The van der Waals surface area contributed by atoms with E-state index in [-0.39, 0.29) is 0 Å². The first-order chi connectivity index (χ1) is 8.38. The highest BCUT2D eigenvalue weighted by atomic mass is 14.6. The minimum absolute atomic E-state index is 0.794. The van der Waals surface area contributed by atoms with Crippen LogP contribution in [0.25, 0.3) is 0 Å². The summed E-state index contributed by atoms with van der Waals surface area (Å²) in [6.45, 7) is 4.57. The largest absolute Gasteiger partial charge is 0.367 e. The Bertz CT molecular complexity index is 250. The average Bonchev–Trinajstić information content (AvgIpc) is 2.86. The lowest BCUT2D eigenvalue weighted by Gasteiger charge is -2.15. The average molecular weight is 235 g/mol. The molecule has 1 rings (SSSR count). The number of rotatable bonds is 10. The van der Waals surface area contributed by atoms with Crippen molar-refractivity contribution in [3.05, 3.63) is 24.0 Å². The van der Waals surface area contributed by atoms with Gasteiger partial charge in [0.2, 0.25) is 0 Å². The fraction of sp³-hybridized carbons (Fsp3) is 0.750. The molecule has 1 nitrogen and oxygen atoms in total.